The van der Waals surface area contributed by atoms with Crippen LogP contribution in [0.5, 0.6) is 0 Å². The Balaban J connectivity index is 1.54. The summed E-state index contributed by atoms with van der Waals surface area (Å²) in [4.78, 5) is 26.2. The van der Waals surface area contributed by atoms with E-state index in [0.29, 0.717) is 18.7 Å². The van der Waals surface area contributed by atoms with E-state index in [1.54, 1.807) is 15.6 Å². The first-order valence-corrected chi connectivity index (χ1v) is 8.20. The predicted molar refractivity (Wildman–Crippen MR) is 94.2 cm³/mol. The second kappa shape index (κ2) is 6.35. The highest BCUT2D eigenvalue weighted by atomic mass is 16.2. The van der Waals surface area contributed by atoms with E-state index >= 15 is 0 Å². The fourth-order valence-corrected chi connectivity index (χ4v) is 3.08. The zero-order valence-electron chi connectivity index (χ0n) is 13.6. The molecule has 1 aliphatic heterocycles. The molecular formula is C18H17N5O2. The highest BCUT2D eigenvalue weighted by molar-refractivity contribution is 6.02. The first kappa shape index (κ1) is 15.3. The summed E-state index contributed by atoms with van der Waals surface area (Å²) >= 11 is 0. The summed E-state index contributed by atoms with van der Waals surface area (Å²) in [6, 6.07) is 14.8. The molecule has 2 aromatic carbocycles. The lowest BCUT2D eigenvalue weighted by Gasteiger charge is -2.20. The Morgan fingerprint density at radius 1 is 1.12 bits per heavy atom. The van der Waals surface area contributed by atoms with Crippen LogP contribution in [0, 0.1) is 0 Å². The number of nitrogens with one attached hydrogen (secondary N) is 1. The maximum absolute atomic E-state index is 12.5. The SMILES string of the molecule is O=C(Cn1nnc2ccccc21)Nc1ccccc1N1CCCC1=O. The second-order valence-corrected chi connectivity index (χ2v) is 5.95. The van der Waals surface area contributed by atoms with E-state index in [1.807, 2.05) is 42.5 Å². The van der Waals surface area contributed by atoms with Gasteiger partial charge in [0.05, 0.1) is 16.9 Å². The molecule has 0 unspecified atom stereocenters. The largest absolute Gasteiger partial charge is 0.323 e. The Labute approximate surface area is 144 Å². The molecule has 1 saturated heterocycles. The lowest BCUT2D eigenvalue weighted by Crippen LogP contribution is -2.26. The molecule has 0 bridgehead atoms. The molecule has 4 rings (SSSR count). The third kappa shape index (κ3) is 2.96. The van der Waals surface area contributed by atoms with Crippen LogP contribution in [0.25, 0.3) is 11.0 Å². The molecule has 0 radical (unpaired) electrons. The Kier molecular flexibility index (Phi) is 3.89. The Morgan fingerprint density at radius 3 is 2.76 bits per heavy atom. The molecule has 1 N–H and O–H groups in total. The number of amides is 2. The van der Waals surface area contributed by atoms with Crippen molar-refractivity contribution in [2.24, 2.45) is 0 Å². The van der Waals surface area contributed by atoms with Gasteiger partial charge in [0.1, 0.15) is 12.1 Å². The lowest BCUT2D eigenvalue weighted by atomic mass is 10.2. The zero-order valence-corrected chi connectivity index (χ0v) is 13.6. The Hall–Kier alpha value is -3.22. The van der Waals surface area contributed by atoms with Crippen LogP contribution in [-0.4, -0.2) is 33.4 Å². The third-order valence-electron chi connectivity index (χ3n) is 4.26. The standard InChI is InChI=1S/C18H17N5O2/c24-17(12-23-16-9-4-2-7-14(16)20-21-23)19-13-6-1-3-8-15(13)22-11-5-10-18(22)25/h1-4,6-9H,5,10-12H2,(H,19,24). The zero-order chi connectivity index (χ0) is 17.2. The number of para-hydroxylation sites is 3. The van der Waals surface area contributed by atoms with Crippen molar-refractivity contribution in [2.45, 2.75) is 19.4 Å². The van der Waals surface area contributed by atoms with Crippen molar-refractivity contribution in [2.75, 3.05) is 16.8 Å². The number of anilines is 2. The molecule has 1 aromatic heterocycles. The molecule has 0 atom stereocenters. The van der Waals surface area contributed by atoms with E-state index < -0.39 is 0 Å². The van der Waals surface area contributed by atoms with E-state index in [0.717, 1.165) is 23.1 Å². The number of carbonyl (C=O) groups excluding carboxylic acids is 2. The Bertz CT molecular complexity index is 949. The van der Waals surface area contributed by atoms with Crippen LogP contribution in [-0.2, 0) is 16.1 Å². The maximum atomic E-state index is 12.5. The van der Waals surface area contributed by atoms with Gasteiger partial charge >= 0.3 is 0 Å². The van der Waals surface area contributed by atoms with Gasteiger partial charge in [0, 0.05) is 13.0 Å². The molecule has 2 amide bonds. The highest BCUT2D eigenvalue weighted by Gasteiger charge is 2.24. The molecule has 7 nitrogen and oxygen atoms in total. The van der Waals surface area contributed by atoms with Crippen LogP contribution in [0.3, 0.4) is 0 Å². The van der Waals surface area contributed by atoms with Crippen molar-refractivity contribution in [1.29, 1.82) is 0 Å². The predicted octanol–water partition coefficient (Wildman–Crippen LogP) is 2.20. The van der Waals surface area contributed by atoms with Crippen molar-refractivity contribution in [3.63, 3.8) is 0 Å². The average Bonchev–Trinajstić information content (AvgIpc) is 3.22. The van der Waals surface area contributed by atoms with E-state index in [4.69, 9.17) is 0 Å². The van der Waals surface area contributed by atoms with Crippen LogP contribution in [0.1, 0.15) is 12.8 Å². The van der Waals surface area contributed by atoms with Crippen molar-refractivity contribution in [1.82, 2.24) is 15.0 Å². The quantitative estimate of drug-likeness (QED) is 0.792. The number of rotatable bonds is 4. The number of carbonyl (C=O) groups is 2. The molecule has 7 heteroatoms. The number of fused-ring (bicyclic) bond motifs is 1. The van der Waals surface area contributed by atoms with Crippen molar-refractivity contribution in [3.8, 4) is 0 Å². The summed E-state index contributed by atoms with van der Waals surface area (Å²) in [6.45, 7) is 0.738. The molecule has 1 aliphatic rings. The average molecular weight is 335 g/mol. The summed E-state index contributed by atoms with van der Waals surface area (Å²) in [5, 5.41) is 11.0. The van der Waals surface area contributed by atoms with Crippen LogP contribution >= 0.6 is 0 Å². The summed E-state index contributed by atoms with van der Waals surface area (Å²) < 4.78 is 1.56. The van der Waals surface area contributed by atoms with E-state index in [2.05, 4.69) is 15.6 Å². The minimum atomic E-state index is -0.213. The van der Waals surface area contributed by atoms with Gasteiger partial charge in [0.2, 0.25) is 11.8 Å². The number of hydrogen-bond acceptors (Lipinski definition) is 4. The molecule has 1 fully saturated rings. The highest BCUT2D eigenvalue weighted by Crippen LogP contribution is 2.29. The van der Waals surface area contributed by atoms with Gasteiger partial charge in [-0.15, -0.1) is 5.10 Å². The number of nitrogens with zero attached hydrogens (tertiary/aromatic N) is 4. The molecule has 25 heavy (non-hydrogen) atoms. The molecule has 0 aliphatic carbocycles. The molecule has 0 saturated carbocycles. The van der Waals surface area contributed by atoms with Gasteiger partial charge < -0.3 is 10.2 Å². The monoisotopic (exact) mass is 335 g/mol. The number of benzene rings is 2. The minimum Gasteiger partial charge on any atom is -0.323 e. The number of aromatic nitrogens is 3. The lowest BCUT2D eigenvalue weighted by molar-refractivity contribution is -0.118. The van der Waals surface area contributed by atoms with E-state index in [-0.39, 0.29) is 18.4 Å². The molecule has 2 heterocycles. The van der Waals surface area contributed by atoms with Crippen LogP contribution in [0.4, 0.5) is 11.4 Å². The molecule has 0 spiro atoms. The van der Waals surface area contributed by atoms with E-state index in [1.165, 1.54) is 0 Å². The first-order valence-electron chi connectivity index (χ1n) is 8.20. The van der Waals surface area contributed by atoms with Gasteiger partial charge in [-0.25, -0.2) is 4.68 Å². The van der Waals surface area contributed by atoms with Gasteiger partial charge in [0.25, 0.3) is 0 Å². The summed E-state index contributed by atoms with van der Waals surface area (Å²) in [6.07, 6.45) is 1.39. The minimum absolute atomic E-state index is 0.0583. The Morgan fingerprint density at radius 2 is 1.92 bits per heavy atom. The third-order valence-corrected chi connectivity index (χ3v) is 4.26. The fourth-order valence-electron chi connectivity index (χ4n) is 3.08. The molecule has 126 valence electrons. The fraction of sp³-hybridized carbons (Fsp3) is 0.222. The van der Waals surface area contributed by atoms with Gasteiger partial charge in [-0.2, -0.15) is 0 Å². The first-order chi connectivity index (χ1) is 12.2. The van der Waals surface area contributed by atoms with Crippen LogP contribution in [0.15, 0.2) is 48.5 Å². The van der Waals surface area contributed by atoms with Crippen molar-refractivity contribution in [3.05, 3.63) is 48.5 Å². The summed E-state index contributed by atoms with van der Waals surface area (Å²) in [5.41, 5.74) is 2.92. The van der Waals surface area contributed by atoms with Crippen molar-refractivity contribution < 1.29 is 9.59 Å². The smallest absolute Gasteiger partial charge is 0.246 e. The van der Waals surface area contributed by atoms with Gasteiger partial charge in [-0.05, 0) is 30.7 Å². The van der Waals surface area contributed by atoms with Crippen molar-refractivity contribution >= 4 is 34.2 Å². The second-order valence-electron chi connectivity index (χ2n) is 5.95. The van der Waals surface area contributed by atoms with Gasteiger partial charge in [-0.1, -0.05) is 29.5 Å². The molecular weight excluding hydrogens is 318 g/mol. The molecule has 3 aromatic rings. The summed E-state index contributed by atoms with van der Waals surface area (Å²) in [7, 11) is 0. The number of hydrogen-bond donors (Lipinski definition) is 1. The van der Waals surface area contributed by atoms with Crippen LogP contribution in [0.2, 0.25) is 0 Å². The normalized spacial score (nSPS) is 14.2. The summed E-state index contributed by atoms with van der Waals surface area (Å²) in [5.74, 6) is -0.126. The maximum Gasteiger partial charge on any atom is 0.246 e. The van der Waals surface area contributed by atoms with Gasteiger partial charge in [-0.3, -0.25) is 9.59 Å². The topological polar surface area (TPSA) is 80.1 Å². The van der Waals surface area contributed by atoms with Crippen LogP contribution < -0.4 is 10.2 Å². The van der Waals surface area contributed by atoms with E-state index in [9.17, 15) is 9.59 Å². The van der Waals surface area contributed by atoms with Gasteiger partial charge in [0.15, 0.2) is 0 Å².